The highest BCUT2D eigenvalue weighted by atomic mass is 17.2. The number of nitrogens with zero attached hydrogens (tertiary/aromatic N) is 3. The van der Waals surface area contributed by atoms with E-state index in [1.807, 2.05) is 0 Å². The summed E-state index contributed by atoms with van der Waals surface area (Å²) < 4.78 is 8.96. The molecule has 0 aliphatic carbocycles. The quantitative estimate of drug-likeness (QED) is 0.149. The van der Waals surface area contributed by atoms with Gasteiger partial charge < -0.3 is 19.3 Å². The van der Waals surface area contributed by atoms with Gasteiger partial charge in [-0.3, -0.25) is 29.0 Å². The topological polar surface area (TPSA) is 115 Å². The molecule has 0 aromatic carbocycles. The van der Waals surface area contributed by atoms with E-state index < -0.39 is 23.9 Å². The number of hydrogen-bond donors (Lipinski definition) is 0. The van der Waals surface area contributed by atoms with Gasteiger partial charge in [-0.1, -0.05) is 0 Å². The van der Waals surface area contributed by atoms with Crippen LogP contribution < -0.4 is 0 Å². The standard InChI is InChI=1S/C15H21N3O8/c1-11(26-23-2)18(5-3-16-7-12(19)24-13(20)8-16)6-4-17-9-14(21)25-15(22)10-17/h1,3-10H2,2H3. The molecule has 0 bridgehead atoms. The highest BCUT2D eigenvalue weighted by molar-refractivity contribution is 5.90. The third-order valence-electron chi connectivity index (χ3n) is 3.77. The van der Waals surface area contributed by atoms with E-state index in [0.717, 1.165) is 0 Å². The van der Waals surface area contributed by atoms with Crippen LogP contribution in [0.4, 0.5) is 0 Å². The van der Waals surface area contributed by atoms with Crippen molar-refractivity contribution in [1.29, 1.82) is 0 Å². The molecular formula is C15H21N3O8. The Bertz CT molecular complexity index is 519. The van der Waals surface area contributed by atoms with Crippen LogP contribution in [0, 0.1) is 0 Å². The van der Waals surface area contributed by atoms with E-state index in [0.29, 0.717) is 26.2 Å². The molecule has 0 radical (unpaired) electrons. The van der Waals surface area contributed by atoms with Crippen LogP contribution >= 0.6 is 0 Å². The van der Waals surface area contributed by atoms with E-state index >= 15 is 0 Å². The SMILES string of the molecule is C=C(OOC)N(CCN1CC(=O)OC(=O)C1)CCN1CC(=O)OC(=O)C1. The fraction of sp³-hybridized carbons (Fsp3) is 0.600. The van der Waals surface area contributed by atoms with Crippen LogP contribution in [0.15, 0.2) is 12.5 Å². The molecule has 26 heavy (non-hydrogen) atoms. The van der Waals surface area contributed by atoms with Gasteiger partial charge in [0.15, 0.2) is 0 Å². The summed E-state index contributed by atoms with van der Waals surface area (Å²) >= 11 is 0. The van der Waals surface area contributed by atoms with Gasteiger partial charge in [0.2, 0.25) is 5.88 Å². The third-order valence-corrected chi connectivity index (χ3v) is 3.77. The van der Waals surface area contributed by atoms with Crippen LogP contribution in [0.2, 0.25) is 0 Å². The number of rotatable bonds is 9. The van der Waals surface area contributed by atoms with Crippen molar-refractivity contribution in [3.05, 3.63) is 12.5 Å². The monoisotopic (exact) mass is 371 g/mol. The zero-order valence-electron chi connectivity index (χ0n) is 14.5. The second kappa shape index (κ2) is 9.27. The molecule has 2 rings (SSSR count). The summed E-state index contributed by atoms with van der Waals surface area (Å²) in [7, 11) is 1.34. The van der Waals surface area contributed by atoms with E-state index in [4.69, 9.17) is 4.89 Å². The average molecular weight is 371 g/mol. The number of esters is 4. The van der Waals surface area contributed by atoms with Gasteiger partial charge in [-0.25, -0.2) is 0 Å². The minimum Gasteiger partial charge on any atom is -0.391 e. The molecule has 2 aliphatic rings. The Morgan fingerprint density at radius 1 is 0.923 bits per heavy atom. The van der Waals surface area contributed by atoms with Crippen molar-refractivity contribution < 1.29 is 38.4 Å². The molecule has 2 heterocycles. The molecule has 0 aromatic rings. The van der Waals surface area contributed by atoms with E-state index in [2.05, 4.69) is 20.9 Å². The predicted molar refractivity (Wildman–Crippen MR) is 83.9 cm³/mol. The Labute approximate surface area is 149 Å². The molecule has 0 atom stereocenters. The highest BCUT2D eigenvalue weighted by Gasteiger charge is 2.27. The van der Waals surface area contributed by atoms with Gasteiger partial charge >= 0.3 is 23.9 Å². The Morgan fingerprint density at radius 3 is 1.65 bits per heavy atom. The number of morpholine rings is 2. The molecule has 0 unspecified atom stereocenters. The van der Waals surface area contributed by atoms with Crippen LogP contribution in [0.1, 0.15) is 0 Å². The summed E-state index contributed by atoms with van der Waals surface area (Å²) in [5.74, 6) is -2.14. The molecule has 11 heteroatoms. The van der Waals surface area contributed by atoms with Crippen molar-refractivity contribution in [2.24, 2.45) is 0 Å². The maximum absolute atomic E-state index is 11.3. The molecule has 0 N–H and O–H groups in total. The van der Waals surface area contributed by atoms with Crippen molar-refractivity contribution in [3.63, 3.8) is 0 Å². The van der Waals surface area contributed by atoms with Gasteiger partial charge in [0.25, 0.3) is 0 Å². The summed E-state index contributed by atoms with van der Waals surface area (Å²) in [5.41, 5.74) is 0. The molecule has 0 saturated carbocycles. The molecule has 2 aliphatic heterocycles. The number of ether oxygens (including phenoxy) is 2. The normalized spacial score (nSPS) is 19.1. The molecule has 2 saturated heterocycles. The fourth-order valence-corrected chi connectivity index (χ4v) is 2.58. The predicted octanol–water partition coefficient (Wildman–Crippen LogP) is -1.89. The minimum absolute atomic E-state index is 0.0175. The Hall–Kier alpha value is -2.50. The van der Waals surface area contributed by atoms with Crippen molar-refractivity contribution in [2.75, 3.05) is 59.5 Å². The summed E-state index contributed by atoms with van der Waals surface area (Å²) in [6.07, 6.45) is 0. The van der Waals surface area contributed by atoms with Crippen molar-refractivity contribution in [3.8, 4) is 0 Å². The highest BCUT2D eigenvalue weighted by Crippen LogP contribution is 2.08. The van der Waals surface area contributed by atoms with Crippen LogP contribution in [0.5, 0.6) is 0 Å². The minimum atomic E-state index is -0.592. The summed E-state index contributed by atoms with van der Waals surface area (Å²) in [6.45, 7) is 5.36. The van der Waals surface area contributed by atoms with Crippen LogP contribution in [0.3, 0.4) is 0 Å². The maximum Gasteiger partial charge on any atom is 0.327 e. The number of carbonyl (C=O) groups is 4. The molecule has 144 valence electrons. The molecule has 0 amide bonds. The third kappa shape index (κ3) is 6.10. The summed E-state index contributed by atoms with van der Waals surface area (Å²) in [6, 6.07) is 0. The van der Waals surface area contributed by atoms with Crippen LogP contribution in [0.25, 0.3) is 0 Å². The Balaban J connectivity index is 1.87. The van der Waals surface area contributed by atoms with Crippen molar-refractivity contribution in [2.45, 2.75) is 0 Å². The molecule has 2 fully saturated rings. The van der Waals surface area contributed by atoms with Gasteiger partial charge in [-0.05, 0) is 6.58 Å². The lowest BCUT2D eigenvalue weighted by molar-refractivity contribution is -0.255. The van der Waals surface area contributed by atoms with Gasteiger partial charge in [-0.15, -0.1) is 0 Å². The number of hydrogen-bond acceptors (Lipinski definition) is 11. The Morgan fingerprint density at radius 2 is 1.31 bits per heavy atom. The van der Waals surface area contributed by atoms with E-state index in [1.54, 1.807) is 14.7 Å². The molecular weight excluding hydrogens is 350 g/mol. The van der Waals surface area contributed by atoms with Gasteiger partial charge in [0.1, 0.15) is 0 Å². The van der Waals surface area contributed by atoms with Crippen molar-refractivity contribution >= 4 is 23.9 Å². The first kappa shape index (κ1) is 19.8. The fourth-order valence-electron chi connectivity index (χ4n) is 2.58. The average Bonchev–Trinajstić information content (AvgIpc) is 2.53. The molecule has 0 spiro atoms. The first-order valence-electron chi connectivity index (χ1n) is 7.93. The van der Waals surface area contributed by atoms with Crippen LogP contribution in [-0.4, -0.2) is 98.0 Å². The lowest BCUT2D eigenvalue weighted by Gasteiger charge is -2.31. The summed E-state index contributed by atoms with van der Waals surface area (Å²) in [4.78, 5) is 59.8. The van der Waals surface area contributed by atoms with E-state index in [1.165, 1.54) is 7.11 Å². The summed E-state index contributed by atoms with van der Waals surface area (Å²) in [5, 5.41) is 0. The second-order valence-electron chi connectivity index (χ2n) is 5.74. The number of cyclic esters (lactones) is 4. The van der Waals surface area contributed by atoms with Gasteiger partial charge in [-0.2, -0.15) is 4.89 Å². The van der Waals surface area contributed by atoms with Gasteiger partial charge in [0.05, 0.1) is 33.3 Å². The zero-order valence-corrected chi connectivity index (χ0v) is 14.5. The van der Waals surface area contributed by atoms with E-state index in [-0.39, 0.29) is 32.1 Å². The first-order chi connectivity index (χ1) is 12.4. The van der Waals surface area contributed by atoms with Gasteiger partial charge in [0, 0.05) is 26.2 Å². The largest absolute Gasteiger partial charge is 0.391 e. The van der Waals surface area contributed by atoms with E-state index in [9.17, 15) is 19.2 Å². The maximum atomic E-state index is 11.3. The molecule has 11 nitrogen and oxygen atoms in total. The lowest BCUT2D eigenvalue weighted by Crippen LogP contribution is -2.48. The first-order valence-corrected chi connectivity index (χ1v) is 7.93. The number of carbonyl (C=O) groups excluding carboxylic acids is 4. The van der Waals surface area contributed by atoms with Crippen LogP contribution in [-0.2, 0) is 38.4 Å². The Kier molecular flexibility index (Phi) is 7.06. The van der Waals surface area contributed by atoms with Crippen molar-refractivity contribution in [1.82, 2.24) is 14.7 Å². The smallest absolute Gasteiger partial charge is 0.327 e. The zero-order chi connectivity index (χ0) is 19.1. The lowest BCUT2D eigenvalue weighted by atomic mass is 10.3. The second-order valence-corrected chi connectivity index (χ2v) is 5.74. The molecule has 0 aromatic heterocycles.